The number of halogens is 4. The van der Waals surface area contributed by atoms with Gasteiger partial charge in [-0.1, -0.05) is 69.5 Å². The number of carboxylic acid groups (broad SMARTS) is 1. The zero-order chi connectivity index (χ0) is 26.1. The Labute approximate surface area is 232 Å². The van der Waals surface area contributed by atoms with Crippen molar-refractivity contribution in [3.63, 3.8) is 0 Å². The van der Waals surface area contributed by atoms with Gasteiger partial charge in [0.2, 0.25) is 0 Å². The number of carbonyl (C=O) groups is 1. The topological polar surface area (TPSA) is 72.6 Å². The Morgan fingerprint density at radius 1 is 0.973 bits per heavy atom. The van der Waals surface area contributed by atoms with Crippen LogP contribution in [-0.2, 0) is 6.61 Å². The summed E-state index contributed by atoms with van der Waals surface area (Å²) in [6.45, 7) is 0.191. The van der Waals surface area contributed by atoms with Gasteiger partial charge in [-0.2, -0.15) is 0 Å². The molecular formula is C28H17Cl4NO4. The highest BCUT2D eigenvalue weighted by Gasteiger charge is 2.33. The normalized spacial score (nSPS) is 12.6. The average Bonchev–Trinajstić information content (AvgIpc) is 3.63. The second kappa shape index (κ2) is 10.7. The van der Waals surface area contributed by atoms with Crippen molar-refractivity contribution in [2.75, 3.05) is 0 Å². The van der Waals surface area contributed by atoms with Gasteiger partial charge in [0.25, 0.3) is 0 Å². The van der Waals surface area contributed by atoms with Crippen LogP contribution in [0.5, 0.6) is 5.75 Å². The molecule has 1 saturated carbocycles. The van der Waals surface area contributed by atoms with E-state index < -0.39 is 5.97 Å². The molecule has 186 valence electrons. The minimum Gasteiger partial charge on any atom is -0.489 e. The van der Waals surface area contributed by atoms with Crippen molar-refractivity contribution in [1.82, 2.24) is 5.16 Å². The summed E-state index contributed by atoms with van der Waals surface area (Å²) in [5.41, 5.74) is 3.03. The van der Waals surface area contributed by atoms with E-state index in [0.717, 1.165) is 24.2 Å². The quantitative estimate of drug-likeness (QED) is 0.234. The second-order valence-corrected chi connectivity index (χ2v) is 10.1. The molecule has 1 heterocycles. The lowest BCUT2D eigenvalue weighted by Crippen LogP contribution is -2.00. The van der Waals surface area contributed by atoms with Gasteiger partial charge < -0.3 is 14.4 Å². The lowest BCUT2D eigenvalue weighted by atomic mass is 10.0. The molecule has 1 aliphatic carbocycles. The van der Waals surface area contributed by atoms with Gasteiger partial charge in [0.15, 0.2) is 0 Å². The molecule has 5 nitrogen and oxygen atoms in total. The number of carboxylic acids is 1. The number of hydrogen-bond donors (Lipinski definition) is 1. The Balaban J connectivity index is 1.37. The molecule has 9 heteroatoms. The third-order valence-electron chi connectivity index (χ3n) is 5.83. The molecule has 0 aliphatic heterocycles. The molecule has 1 N–H and O–H groups in total. The zero-order valence-corrected chi connectivity index (χ0v) is 22.0. The van der Waals surface area contributed by atoms with E-state index in [-0.39, 0.29) is 17.2 Å². The predicted molar refractivity (Wildman–Crippen MR) is 144 cm³/mol. The lowest BCUT2D eigenvalue weighted by molar-refractivity contribution is 0.0697. The first kappa shape index (κ1) is 25.5. The molecule has 3 aromatic carbocycles. The second-order valence-electron chi connectivity index (χ2n) is 8.43. The molecule has 4 aromatic rings. The minimum atomic E-state index is -1.12. The molecular weight excluding hydrogens is 556 g/mol. The van der Waals surface area contributed by atoms with E-state index in [9.17, 15) is 9.90 Å². The van der Waals surface area contributed by atoms with E-state index in [1.807, 2.05) is 0 Å². The Hall–Kier alpha value is -3.14. The Morgan fingerprint density at radius 3 is 2.41 bits per heavy atom. The fraction of sp³-hybridized carbons (Fsp3) is 0.143. The van der Waals surface area contributed by atoms with Crippen molar-refractivity contribution in [1.29, 1.82) is 0 Å². The van der Waals surface area contributed by atoms with Crippen LogP contribution in [0.1, 0.15) is 51.6 Å². The highest BCUT2D eigenvalue weighted by atomic mass is 35.5. The zero-order valence-electron chi connectivity index (χ0n) is 19.0. The monoisotopic (exact) mass is 571 g/mol. The van der Waals surface area contributed by atoms with Gasteiger partial charge in [0, 0.05) is 28.7 Å². The van der Waals surface area contributed by atoms with Gasteiger partial charge >= 0.3 is 5.97 Å². The minimum absolute atomic E-state index is 0.0138. The summed E-state index contributed by atoms with van der Waals surface area (Å²) in [5.74, 6) is 6.38. The fourth-order valence-corrected chi connectivity index (χ4v) is 4.79. The number of aromatic nitrogens is 1. The van der Waals surface area contributed by atoms with Gasteiger partial charge in [0.1, 0.15) is 23.8 Å². The van der Waals surface area contributed by atoms with Crippen molar-refractivity contribution in [3.05, 3.63) is 103 Å². The van der Waals surface area contributed by atoms with Gasteiger partial charge in [-0.15, -0.1) is 0 Å². The summed E-state index contributed by atoms with van der Waals surface area (Å²) in [4.78, 5) is 11.3. The summed E-state index contributed by atoms with van der Waals surface area (Å²) in [6.07, 6.45) is 2.05. The first-order valence-electron chi connectivity index (χ1n) is 11.2. The van der Waals surface area contributed by atoms with E-state index in [0.29, 0.717) is 49.1 Å². The van der Waals surface area contributed by atoms with E-state index >= 15 is 0 Å². The van der Waals surface area contributed by atoms with Crippen LogP contribution in [0, 0.1) is 11.8 Å². The van der Waals surface area contributed by atoms with Crippen LogP contribution in [0.25, 0.3) is 11.3 Å². The molecule has 37 heavy (non-hydrogen) atoms. The Kier molecular flexibility index (Phi) is 7.37. The largest absolute Gasteiger partial charge is 0.489 e. The summed E-state index contributed by atoms with van der Waals surface area (Å²) in [7, 11) is 0. The summed E-state index contributed by atoms with van der Waals surface area (Å²) >= 11 is 25.2. The van der Waals surface area contributed by atoms with Crippen LogP contribution in [0.4, 0.5) is 0 Å². The number of hydrogen-bond acceptors (Lipinski definition) is 4. The Bertz CT molecular complexity index is 1560. The smallest absolute Gasteiger partial charge is 0.337 e. The molecule has 0 spiro atoms. The van der Waals surface area contributed by atoms with E-state index in [1.165, 1.54) is 12.1 Å². The molecule has 1 fully saturated rings. The first-order chi connectivity index (χ1) is 17.8. The maximum atomic E-state index is 11.3. The van der Waals surface area contributed by atoms with Crippen LogP contribution < -0.4 is 4.74 Å². The van der Waals surface area contributed by atoms with Gasteiger partial charge in [0.05, 0.1) is 31.2 Å². The van der Waals surface area contributed by atoms with Crippen molar-refractivity contribution < 1.29 is 19.2 Å². The summed E-state index contributed by atoms with van der Waals surface area (Å²) in [6, 6.07) is 15.0. The molecule has 0 bridgehead atoms. The summed E-state index contributed by atoms with van der Waals surface area (Å²) in [5, 5.41) is 15.0. The first-order valence-corrected chi connectivity index (χ1v) is 12.7. The van der Waals surface area contributed by atoms with Crippen LogP contribution in [-0.4, -0.2) is 16.2 Å². The van der Waals surface area contributed by atoms with Crippen LogP contribution in [0.15, 0.2) is 59.1 Å². The number of ether oxygens (including phenoxy) is 1. The third-order valence-corrected chi connectivity index (χ3v) is 7.10. The molecule has 0 unspecified atom stereocenters. The molecule has 0 amide bonds. The number of nitrogens with zero attached hydrogens (tertiary/aromatic N) is 1. The van der Waals surface area contributed by atoms with Crippen molar-refractivity contribution in [2.24, 2.45) is 0 Å². The van der Waals surface area contributed by atoms with Crippen LogP contribution in [0.3, 0.4) is 0 Å². The predicted octanol–water partition coefficient (Wildman–Crippen LogP) is 8.51. The van der Waals surface area contributed by atoms with Gasteiger partial charge in [-0.05, 0) is 55.3 Å². The average molecular weight is 573 g/mol. The maximum Gasteiger partial charge on any atom is 0.337 e. The van der Waals surface area contributed by atoms with Crippen molar-refractivity contribution >= 4 is 52.4 Å². The number of aromatic carboxylic acids is 1. The van der Waals surface area contributed by atoms with Crippen LogP contribution >= 0.6 is 46.4 Å². The van der Waals surface area contributed by atoms with Crippen molar-refractivity contribution in [3.8, 4) is 28.8 Å². The SMILES string of the molecule is O=C(O)c1cc(C#Cc2ccc(OCc3c(-c4c(Cl)cccc4Cl)noc3C3CC3)cc2Cl)ccc1Cl. The van der Waals surface area contributed by atoms with Crippen LogP contribution in [0.2, 0.25) is 20.1 Å². The highest BCUT2D eigenvalue weighted by molar-refractivity contribution is 6.39. The molecule has 1 aromatic heterocycles. The lowest BCUT2D eigenvalue weighted by Gasteiger charge is -2.10. The highest BCUT2D eigenvalue weighted by Crippen LogP contribution is 2.46. The Morgan fingerprint density at radius 2 is 1.73 bits per heavy atom. The molecule has 0 radical (unpaired) electrons. The number of rotatable bonds is 6. The van der Waals surface area contributed by atoms with Gasteiger partial charge in [-0.3, -0.25) is 0 Å². The van der Waals surface area contributed by atoms with Gasteiger partial charge in [-0.25, -0.2) is 4.79 Å². The van der Waals surface area contributed by atoms with E-state index in [1.54, 1.807) is 42.5 Å². The standard InChI is InChI=1S/C28H17Cl4NO4/c29-21-11-5-15(12-19(21)28(34)35)4-6-16-9-10-18(13-24(16)32)36-14-20-26(33-37-27(20)17-7-8-17)25-22(30)2-1-3-23(25)31/h1-3,5,9-13,17H,7-8,14H2,(H,34,35). The van der Waals surface area contributed by atoms with E-state index in [4.69, 9.17) is 55.7 Å². The van der Waals surface area contributed by atoms with E-state index in [2.05, 4.69) is 17.0 Å². The molecule has 0 saturated heterocycles. The third kappa shape index (κ3) is 5.58. The summed E-state index contributed by atoms with van der Waals surface area (Å²) < 4.78 is 11.7. The fourth-order valence-electron chi connectivity index (χ4n) is 3.80. The number of benzene rings is 3. The molecule has 1 aliphatic rings. The molecule has 5 rings (SSSR count). The maximum absolute atomic E-state index is 11.3. The van der Waals surface area contributed by atoms with Crippen molar-refractivity contribution in [2.45, 2.75) is 25.4 Å². The molecule has 0 atom stereocenters.